The predicted molar refractivity (Wildman–Crippen MR) is 105 cm³/mol. The Hall–Kier alpha value is -1.75. The third kappa shape index (κ3) is 3.34. The highest BCUT2D eigenvalue weighted by atomic mass is 35.5. The molecule has 0 bridgehead atoms. The van der Waals surface area contributed by atoms with E-state index < -0.39 is 0 Å². The Morgan fingerprint density at radius 2 is 1.96 bits per heavy atom. The maximum Gasteiger partial charge on any atom is 0.199 e. The molecule has 0 saturated carbocycles. The molecular formula is C19H14Cl2N3S. The first-order valence-electron chi connectivity index (χ1n) is 7.92. The van der Waals surface area contributed by atoms with Gasteiger partial charge in [-0.25, -0.2) is 9.97 Å². The summed E-state index contributed by atoms with van der Waals surface area (Å²) in [5.74, 6) is 1.92. The van der Waals surface area contributed by atoms with Gasteiger partial charge < -0.3 is 4.90 Å². The molecular weight excluding hydrogens is 373 g/mol. The van der Waals surface area contributed by atoms with Gasteiger partial charge in [-0.1, -0.05) is 41.4 Å². The van der Waals surface area contributed by atoms with Crippen LogP contribution in [0.2, 0.25) is 10.0 Å². The van der Waals surface area contributed by atoms with Gasteiger partial charge in [-0.05, 0) is 42.0 Å². The minimum atomic E-state index is 0.518. The van der Waals surface area contributed by atoms with E-state index in [1.165, 1.54) is 10.6 Å². The van der Waals surface area contributed by atoms with Gasteiger partial charge in [-0.15, -0.1) is 11.8 Å². The Balaban J connectivity index is 1.85. The molecule has 0 fully saturated rings. The van der Waals surface area contributed by atoms with E-state index in [4.69, 9.17) is 23.2 Å². The second-order valence-corrected chi connectivity index (χ2v) is 7.61. The lowest BCUT2D eigenvalue weighted by Gasteiger charge is -2.25. The monoisotopic (exact) mass is 386 g/mol. The molecule has 0 aliphatic carbocycles. The van der Waals surface area contributed by atoms with E-state index in [0.717, 1.165) is 35.7 Å². The molecule has 3 aromatic rings. The lowest BCUT2D eigenvalue weighted by atomic mass is 10.1. The summed E-state index contributed by atoms with van der Waals surface area (Å²) in [4.78, 5) is 12.1. The molecule has 4 rings (SSSR count). The maximum absolute atomic E-state index is 6.21. The van der Waals surface area contributed by atoms with Crippen LogP contribution in [0.15, 0.2) is 53.6 Å². The van der Waals surface area contributed by atoms with Gasteiger partial charge in [0.15, 0.2) is 6.33 Å². The van der Waals surface area contributed by atoms with Gasteiger partial charge in [0, 0.05) is 23.2 Å². The highest BCUT2D eigenvalue weighted by Gasteiger charge is 2.21. The van der Waals surface area contributed by atoms with Gasteiger partial charge >= 0.3 is 0 Å². The number of para-hydroxylation sites is 1. The number of hydrogen-bond acceptors (Lipinski definition) is 4. The first-order valence-corrected chi connectivity index (χ1v) is 9.66. The minimum Gasteiger partial charge on any atom is -0.325 e. The van der Waals surface area contributed by atoms with Crippen LogP contribution in [0.1, 0.15) is 6.42 Å². The van der Waals surface area contributed by atoms with Crippen LogP contribution < -0.4 is 4.90 Å². The number of thioether (sulfide) groups is 1. The van der Waals surface area contributed by atoms with E-state index >= 15 is 0 Å². The van der Waals surface area contributed by atoms with E-state index in [9.17, 15) is 0 Å². The summed E-state index contributed by atoms with van der Waals surface area (Å²) in [5, 5.41) is 1.05. The van der Waals surface area contributed by atoms with Crippen molar-refractivity contribution in [3.05, 3.63) is 65.0 Å². The second-order valence-electron chi connectivity index (χ2n) is 5.66. The first-order chi connectivity index (χ1) is 12.2. The van der Waals surface area contributed by atoms with Crippen molar-refractivity contribution in [3.8, 4) is 11.1 Å². The Bertz CT molecular complexity index is 917. The standard InChI is InChI=1S/C19H14Cl2N3S/c20-15-7-6-13(10-16(15)21)14-11-22-12-23-19(14)24-8-3-9-25-18-5-2-1-4-17(18)24/h1-2,4-7,10-11H,3,8-9H2. The lowest BCUT2D eigenvalue weighted by Crippen LogP contribution is -2.20. The average molecular weight is 387 g/mol. The number of anilines is 2. The van der Waals surface area contributed by atoms with Crippen LogP contribution in [0.3, 0.4) is 0 Å². The van der Waals surface area contributed by atoms with E-state index in [1.807, 2.05) is 23.9 Å². The summed E-state index contributed by atoms with van der Waals surface area (Å²) in [7, 11) is 0. The Kier molecular flexibility index (Phi) is 4.84. The van der Waals surface area contributed by atoms with Crippen molar-refractivity contribution in [1.82, 2.24) is 9.97 Å². The average Bonchev–Trinajstić information content (AvgIpc) is 2.86. The second kappa shape index (κ2) is 7.24. The number of fused-ring (bicyclic) bond motifs is 1. The van der Waals surface area contributed by atoms with Gasteiger partial charge in [0.05, 0.1) is 15.7 Å². The highest BCUT2D eigenvalue weighted by molar-refractivity contribution is 7.99. The first kappa shape index (κ1) is 16.7. The molecule has 1 aliphatic heterocycles. The molecule has 0 amide bonds. The third-order valence-electron chi connectivity index (χ3n) is 4.07. The number of aromatic nitrogens is 2. The van der Waals surface area contributed by atoms with Crippen molar-refractivity contribution >= 4 is 46.5 Å². The number of hydrogen-bond donors (Lipinski definition) is 0. The summed E-state index contributed by atoms with van der Waals surface area (Å²) in [6.07, 6.45) is 5.59. The van der Waals surface area contributed by atoms with E-state index in [-0.39, 0.29) is 0 Å². The quantitative estimate of drug-likeness (QED) is 0.549. The molecule has 1 aromatic heterocycles. The SMILES string of the molecule is Clc1ccc(-c2cn[c]nc2N2CCCSc3ccccc32)cc1Cl. The number of benzene rings is 2. The zero-order valence-electron chi connectivity index (χ0n) is 13.2. The normalized spacial score (nSPS) is 14.1. The van der Waals surface area contributed by atoms with Crippen molar-refractivity contribution < 1.29 is 0 Å². The molecule has 25 heavy (non-hydrogen) atoms. The van der Waals surface area contributed by atoms with Gasteiger partial charge in [0.2, 0.25) is 0 Å². The van der Waals surface area contributed by atoms with Crippen LogP contribution in [-0.2, 0) is 0 Å². The van der Waals surface area contributed by atoms with Crippen LogP contribution in [-0.4, -0.2) is 22.3 Å². The minimum absolute atomic E-state index is 0.518. The van der Waals surface area contributed by atoms with Crippen molar-refractivity contribution in [2.45, 2.75) is 11.3 Å². The van der Waals surface area contributed by atoms with Crippen LogP contribution in [0.5, 0.6) is 0 Å². The fourth-order valence-corrected chi connectivity index (χ4v) is 4.20. The topological polar surface area (TPSA) is 29.0 Å². The van der Waals surface area contributed by atoms with Crippen LogP contribution in [0, 0.1) is 6.33 Å². The maximum atomic E-state index is 6.21. The molecule has 0 atom stereocenters. The summed E-state index contributed by atoms with van der Waals surface area (Å²) in [6, 6.07) is 14.0. The summed E-state index contributed by atoms with van der Waals surface area (Å²) in [5.41, 5.74) is 3.02. The largest absolute Gasteiger partial charge is 0.325 e. The third-order valence-corrected chi connectivity index (χ3v) is 5.96. The van der Waals surface area contributed by atoms with Crippen molar-refractivity contribution in [1.29, 1.82) is 0 Å². The zero-order chi connectivity index (χ0) is 17.2. The molecule has 6 heteroatoms. The fraction of sp³-hybridized carbons (Fsp3) is 0.158. The molecule has 2 heterocycles. The van der Waals surface area contributed by atoms with Gasteiger partial charge in [-0.3, -0.25) is 0 Å². The predicted octanol–water partition coefficient (Wildman–Crippen LogP) is 5.88. The number of rotatable bonds is 2. The lowest BCUT2D eigenvalue weighted by molar-refractivity contribution is 0.878. The van der Waals surface area contributed by atoms with Crippen LogP contribution in [0.25, 0.3) is 11.1 Å². The van der Waals surface area contributed by atoms with Crippen LogP contribution >= 0.6 is 35.0 Å². The summed E-state index contributed by atoms with van der Waals surface area (Å²) < 4.78 is 0. The molecule has 0 spiro atoms. The van der Waals surface area contributed by atoms with Gasteiger partial charge in [0.1, 0.15) is 5.82 Å². The molecule has 1 aliphatic rings. The van der Waals surface area contributed by atoms with E-state index in [0.29, 0.717) is 10.0 Å². The summed E-state index contributed by atoms with van der Waals surface area (Å²) in [6.45, 7) is 0.892. The Morgan fingerprint density at radius 3 is 2.84 bits per heavy atom. The van der Waals surface area contributed by atoms with E-state index in [2.05, 4.69) is 45.5 Å². The highest BCUT2D eigenvalue weighted by Crippen LogP contribution is 2.40. The number of nitrogens with zero attached hydrogens (tertiary/aromatic N) is 3. The van der Waals surface area contributed by atoms with Crippen molar-refractivity contribution in [3.63, 3.8) is 0 Å². The van der Waals surface area contributed by atoms with E-state index in [1.54, 1.807) is 12.3 Å². The Morgan fingerprint density at radius 1 is 1.08 bits per heavy atom. The molecule has 125 valence electrons. The van der Waals surface area contributed by atoms with Gasteiger partial charge in [0.25, 0.3) is 0 Å². The molecule has 1 radical (unpaired) electrons. The zero-order valence-corrected chi connectivity index (χ0v) is 15.6. The smallest absolute Gasteiger partial charge is 0.199 e. The molecule has 3 nitrogen and oxygen atoms in total. The number of halogens is 2. The molecule has 0 saturated heterocycles. The van der Waals surface area contributed by atoms with Gasteiger partial charge in [-0.2, -0.15) is 0 Å². The molecule has 0 unspecified atom stereocenters. The summed E-state index contributed by atoms with van der Waals surface area (Å²) >= 11 is 14.2. The van der Waals surface area contributed by atoms with Crippen molar-refractivity contribution in [2.75, 3.05) is 17.2 Å². The fourth-order valence-electron chi connectivity index (χ4n) is 2.91. The van der Waals surface area contributed by atoms with Crippen molar-refractivity contribution in [2.24, 2.45) is 0 Å². The Labute approximate surface area is 161 Å². The molecule has 2 aromatic carbocycles. The van der Waals surface area contributed by atoms with Crippen LogP contribution in [0.4, 0.5) is 11.5 Å². The molecule has 0 N–H and O–H groups in total.